The Labute approximate surface area is 150 Å². The Morgan fingerprint density at radius 3 is 2.76 bits per heavy atom. The number of aliphatic imine (C=N–C) groups is 1. The Bertz CT molecular complexity index is 593. The van der Waals surface area contributed by atoms with Crippen molar-refractivity contribution in [3.05, 3.63) is 23.9 Å². The van der Waals surface area contributed by atoms with E-state index in [2.05, 4.69) is 52.3 Å². The van der Waals surface area contributed by atoms with Crippen molar-refractivity contribution in [2.45, 2.75) is 46.2 Å². The van der Waals surface area contributed by atoms with Gasteiger partial charge in [-0.1, -0.05) is 6.07 Å². The average molecular weight is 346 g/mol. The minimum Gasteiger partial charge on any atom is -0.369 e. The van der Waals surface area contributed by atoms with Gasteiger partial charge in [0.05, 0.1) is 6.54 Å². The van der Waals surface area contributed by atoms with E-state index in [4.69, 9.17) is 5.73 Å². The highest BCUT2D eigenvalue weighted by atomic mass is 16.1. The molecule has 1 aromatic heterocycles. The van der Waals surface area contributed by atoms with Gasteiger partial charge in [-0.05, 0) is 39.7 Å². The predicted molar refractivity (Wildman–Crippen MR) is 101 cm³/mol. The normalized spacial score (nSPS) is 16.2. The molecule has 1 aromatic rings. The molecule has 138 valence electrons. The van der Waals surface area contributed by atoms with Crippen LogP contribution < -0.4 is 21.3 Å². The number of guanidine groups is 1. The van der Waals surface area contributed by atoms with E-state index in [0.29, 0.717) is 12.6 Å². The largest absolute Gasteiger partial charge is 0.369 e. The molecular formula is C18H30N6O. The maximum atomic E-state index is 11.3. The van der Waals surface area contributed by atoms with Crippen LogP contribution in [0.25, 0.3) is 0 Å². The lowest BCUT2D eigenvalue weighted by atomic mass is 9.96. The summed E-state index contributed by atoms with van der Waals surface area (Å²) in [5.41, 5.74) is 6.51. The molecule has 2 rings (SSSR count). The average Bonchev–Trinajstić information content (AvgIpc) is 2.60. The van der Waals surface area contributed by atoms with Crippen LogP contribution in [0.1, 0.15) is 39.2 Å². The third-order valence-electron chi connectivity index (χ3n) is 4.24. The van der Waals surface area contributed by atoms with Crippen LogP contribution in [0.2, 0.25) is 0 Å². The van der Waals surface area contributed by atoms with Crippen LogP contribution in [0.4, 0.5) is 5.82 Å². The zero-order valence-electron chi connectivity index (χ0n) is 15.5. The molecule has 0 unspecified atom stereocenters. The highest BCUT2D eigenvalue weighted by Gasteiger charge is 2.24. The van der Waals surface area contributed by atoms with Crippen LogP contribution in [-0.4, -0.2) is 42.5 Å². The molecule has 1 fully saturated rings. The number of nitrogens with two attached hydrogens (primary N) is 1. The molecule has 0 spiro atoms. The van der Waals surface area contributed by atoms with E-state index in [0.717, 1.165) is 49.8 Å². The van der Waals surface area contributed by atoms with Crippen molar-refractivity contribution in [3.63, 3.8) is 0 Å². The van der Waals surface area contributed by atoms with E-state index < -0.39 is 0 Å². The van der Waals surface area contributed by atoms with Crippen molar-refractivity contribution >= 4 is 17.7 Å². The van der Waals surface area contributed by atoms with Crippen molar-refractivity contribution in [2.24, 2.45) is 16.6 Å². The van der Waals surface area contributed by atoms with Crippen LogP contribution in [-0.2, 0) is 11.3 Å². The second-order valence-corrected chi connectivity index (χ2v) is 6.64. The van der Waals surface area contributed by atoms with Crippen molar-refractivity contribution in [3.8, 4) is 0 Å². The molecule has 1 saturated heterocycles. The molecule has 1 aliphatic rings. The quantitative estimate of drug-likeness (QED) is 0.532. The summed E-state index contributed by atoms with van der Waals surface area (Å²) in [6.45, 7) is 9.20. The van der Waals surface area contributed by atoms with Gasteiger partial charge in [0.2, 0.25) is 5.91 Å². The summed E-state index contributed by atoms with van der Waals surface area (Å²) in [4.78, 5) is 22.8. The fraction of sp³-hybridized carbons (Fsp3) is 0.611. The van der Waals surface area contributed by atoms with Crippen molar-refractivity contribution in [1.82, 2.24) is 15.6 Å². The topological polar surface area (TPSA) is 95.6 Å². The SMILES string of the molecule is CCNC(=NCc1cccnc1N1CCC(C(N)=O)CC1)NC(C)C. The second kappa shape index (κ2) is 9.25. The van der Waals surface area contributed by atoms with Gasteiger partial charge in [0.1, 0.15) is 5.82 Å². The van der Waals surface area contributed by atoms with E-state index in [9.17, 15) is 4.79 Å². The maximum absolute atomic E-state index is 11.3. The number of pyridine rings is 1. The summed E-state index contributed by atoms with van der Waals surface area (Å²) < 4.78 is 0. The van der Waals surface area contributed by atoms with Gasteiger partial charge in [0.15, 0.2) is 5.96 Å². The molecule has 0 radical (unpaired) electrons. The van der Waals surface area contributed by atoms with E-state index in [-0.39, 0.29) is 11.8 Å². The van der Waals surface area contributed by atoms with Gasteiger partial charge in [-0.3, -0.25) is 4.79 Å². The lowest BCUT2D eigenvalue weighted by Crippen LogP contribution is -2.41. The third kappa shape index (κ3) is 5.62. The smallest absolute Gasteiger partial charge is 0.220 e. The molecular weight excluding hydrogens is 316 g/mol. The first-order chi connectivity index (χ1) is 12.0. The number of anilines is 1. The van der Waals surface area contributed by atoms with Crippen LogP contribution >= 0.6 is 0 Å². The molecule has 0 bridgehead atoms. The summed E-state index contributed by atoms with van der Waals surface area (Å²) in [6.07, 6.45) is 3.37. The van der Waals surface area contributed by atoms with Gasteiger partial charge >= 0.3 is 0 Å². The Hall–Kier alpha value is -2.31. The first-order valence-electron chi connectivity index (χ1n) is 9.04. The monoisotopic (exact) mass is 346 g/mol. The number of hydrogen-bond acceptors (Lipinski definition) is 4. The molecule has 1 amide bonds. The van der Waals surface area contributed by atoms with Gasteiger partial charge in [-0.25, -0.2) is 9.98 Å². The number of carbonyl (C=O) groups is 1. The molecule has 0 saturated carbocycles. The Kier molecular flexibility index (Phi) is 7.03. The number of rotatable bonds is 6. The molecule has 25 heavy (non-hydrogen) atoms. The van der Waals surface area contributed by atoms with E-state index in [1.165, 1.54) is 0 Å². The van der Waals surface area contributed by atoms with Gasteiger partial charge < -0.3 is 21.3 Å². The highest BCUT2D eigenvalue weighted by molar-refractivity contribution is 5.80. The number of nitrogens with one attached hydrogen (secondary N) is 2. The van der Waals surface area contributed by atoms with Gasteiger partial charge in [0.25, 0.3) is 0 Å². The summed E-state index contributed by atoms with van der Waals surface area (Å²) in [7, 11) is 0. The number of piperidine rings is 1. The van der Waals surface area contributed by atoms with Gasteiger partial charge in [0, 0.05) is 43.4 Å². The molecule has 7 heteroatoms. The van der Waals surface area contributed by atoms with Crippen LogP contribution in [0, 0.1) is 5.92 Å². The summed E-state index contributed by atoms with van der Waals surface area (Å²) in [6, 6.07) is 4.32. The fourth-order valence-corrected chi connectivity index (χ4v) is 2.97. The molecule has 0 aliphatic carbocycles. The molecule has 2 heterocycles. The zero-order chi connectivity index (χ0) is 18.2. The van der Waals surface area contributed by atoms with Crippen LogP contribution in [0.5, 0.6) is 0 Å². The fourth-order valence-electron chi connectivity index (χ4n) is 2.97. The van der Waals surface area contributed by atoms with Crippen LogP contribution in [0.3, 0.4) is 0 Å². The number of carbonyl (C=O) groups excluding carboxylic acids is 1. The van der Waals surface area contributed by atoms with Crippen molar-refractivity contribution in [1.29, 1.82) is 0 Å². The number of amides is 1. The molecule has 7 nitrogen and oxygen atoms in total. The maximum Gasteiger partial charge on any atom is 0.220 e. The standard InChI is InChI=1S/C18H30N6O/c1-4-20-18(23-13(2)3)22-12-15-6-5-9-21-17(15)24-10-7-14(8-11-24)16(19)25/h5-6,9,13-14H,4,7-8,10-12H2,1-3H3,(H2,19,25)(H2,20,22,23). The number of nitrogens with zero attached hydrogens (tertiary/aromatic N) is 3. The lowest BCUT2D eigenvalue weighted by Gasteiger charge is -2.32. The Balaban J connectivity index is 2.08. The lowest BCUT2D eigenvalue weighted by molar-refractivity contribution is -0.122. The summed E-state index contributed by atoms with van der Waals surface area (Å²) in [5, 5.41) is 6.58. The van der Waals surface area contributed by atoms with E-state index in [1.807, 2.05) is 6.07 Å². The summed E-state index contributed by atoms with van der Waals surface area (Å²) in [5.74, 6) is 1.55. The Morgan fingerprint density at radius 2 is 2.16 bits per heavy atom. The minimum atomic E-state index is -0.194. The molecule has 4 N–H and O–H groups in total. The predicted octanol–water partition coefficient (Wildman–Crippen LogP) is 1.25. The first kappa shape index (κ1) is 19.0. The zero-order valence-corrected chi connectivity index (χ0v) is 15.5. The second-order valence-electron chi connectivity index (χ2n) is 6.64. The van der Waals surface area contributed by atoms with E-state index >= 15 is 0 Å². The Morgan fingerprint density at radius 1 is 1.44 bits per heavy atom. The van der Waals surface area contributed by atoms with Crippen molar-refractivity contribution < 1.29 is 4.79 Å². The van der Waals surface area contributed by atoms with Crippen LogP contribution in [0.15, 0.2) is 23.3 Å². The number of hydrogen-bond donors (Lipinski definition) is 3. The summed E-state index contributed by atoms with van der Waals surface area (Å²) >= 11 is 0. The minimum absolute atomic E-state index is 0.0166. The molecule has 0 aromatic carbocycles. The van der Waals surface area contributed by atoms with Gasteiger partial charge in [-0.2, -0.15) is 0 Å². The highest BCUT2D eigenvalue weighted by Crippen LogP contribution is 2.24. The van der Waals surface area contributed by atoms with Gasteiger partial charge in [-0.15, -0.1) is 0 Å². The molecule has 1 aliphatic heterocycles. The number of aromatic nitrogens is 1. The first-order valence-corrected chi connectivity index (χ1v) is 9.04. The molecule has 0 atom stereocenters. The number of primary amides is 1. The van der Waals surface area contributed by atoms with E-state index in [1.54, 1.807) is 6.20 Å². The third-order valence-corrected chi connectivity index (χ3v) is 4.24. The van der Waals surface area contributed by atoms with Crippen molar-refractivity contribution in [2.75, 3.05) is 24.5 Å².